The summed E-state index contributed by atoms with van der Waals surface area (Å²) >= 11 is 0. The van der Waals surface area contributed by atoms with Crippen molar-refractivity contribution in [2.75, 3.05) is 6.54 Å². The molecule has 1 heterocycles. The van der Waals surface area contributed by atoms with Gasteiger partial charge in [-0.3, -0.25) is 14.4 Å². The standard InChI is InChI=1S/C22H25NO3/c1-14-15(2)22(26)19(16(3)21(14)25)9-6-10-20(24)23-12-11-17-7-4-5-8-18(17)13-23/h4-5,7-8H,6,9-13H2,1-3H3. The van der Waals surface area contributed by atoms with E-state index >= 15 is 0 Å². The molecule has 0 unspecified atom stereocenters. The summed E-state index contributed by atoms with van der Waals surface area (Å²) in [7, 11) is 0. The van der Waals surface area contributed by atoms with Crippen molar-refractivity contribution >= 4 is 17.5 Å². The highest BCUT2D eigenvalue weighted by molar-refractivity contribution is 6.24. The first-order valence-corrected chi connectivity index (χ1v) is 9.21. The van der Waals surface area contributed by atoms with E-state index < -0.39 is 0 Å². The second-order valence-electron chi connectivity index (χ2n) is 7.20. The van der Waals surface area contributed by atoms with Crippen LogP contribution in [-0.4, -0.2) is 28.9 Å². The molecular weight excluding hydrogens is 326 g/mol. The second kappa shape index (κ2) is 7.40. The summed E-state index contributed by atoms with van der Waals surface area (Å²) in [5, 5.41) is 0. The second-order valence-corrected chi connectivity index (χ2v) is 7.20. The Balaban J connectivity index is 1.58. The van der Waals surface area contributed by atoms with Crippen LogP contribution in [0.4, 0.5) is 0 Å². The maximum atomic E-state index is 12.5. The average molecular weight is 351 g/mol. The van der Waals surface area contributed by atoms with Crippen molar-refractivity contribution in [2.24, 2.45) is 0 Å². The Kier molecular flexibility index (Phi) is 5.21. The van der Waals surface area contributed by atoms with Crippen LogP contribution in [0.1, 0.15) is 51.2 Å². The summed E-state index contributed by atoms with van der Waals surface area (Å²) < 4.78 is 0. The van der Waals surface area contributed by atoms with E-state index in [1.54, 1.807) is 20.8 Å². The van der Waals surface area contributed by atoms with Crippen molar-refractivity contribution in [1.29, 1.82) is 0 Å². The Bertz CT molecular complexity index is 845. The third kappa shape index (κ3) is 3.41. The molecule has 1 aromatic rings. The van der Waals surface area contributed by atoms with Crippen LogP contribution in [0.2, 0.25) is 0 Å². The number of fused-ring (bicyclic) bond motifs is 1. The summed E-state index contributed by atoms with van der Waals surface area (Å²) in [5.41, 5.74) is 4.73. The van der Waals surface area contributed by atoms with Gasteiger partial charge in [-0.25, -0.2) is 0 Å². The molecule has 0 saturated carbocycles. The fourth-order valence-corrected chi connectivity index (χ4v) is 3.74. The number of hydrogen-bond donors (Lipinski definition) is 0. The minimum absolute atomic E-state index is 0.0426. The van der Waals surface area contributed by atoms with E-state index in [1.807, 2.05) is 17.0 Å². The SMILES string of the molecule is CC1=C(C)C(=O)C(CCCC(=O)N2CCc3ccccc3C2)=C(C)C1=O. The van der Waals surface area contributed by atoms with Crippen molar-refractivity contribution in [1.82, 2.24) is 4.90 Å². The summed E-state index contributed by atoms with van der Waals surface area (Å²) in [6.07, 6.45) is 2.37. The predicted octanol–water partition coefficient (Wildman–Crippen LogP) is 3.55. The smallest absolute Gasteiger partial charge is 0.222 e. The topological polar surface area (TPSA) is 54.5 Å². The molecule has 0 radical (unpaired) electrons. The lowest BCUT2D eigenvalue weighted by Crippen LogP contribution is -2.35. The zero-order valence-corrected chi connectivity index (χ0v) is 15.7. The first-order chi connectivity index (χ1) is 12.4. The van der Waals surface area contributed by atoms with Gasteiger partial charge >= 0.3 is 0 Å². The first kappa shape index (κ1) is 18.3. The molecule has 2 aliphatic rings. The van der Waals surface area contributed by atoms with Crippen LogP contribution in [0.5, 0.6) is 0 Å². The van der Waals surface area contributed by atoms with E-state index in [2.05, 4.69) is 12.1 Å². The maximum absolute atomic E-state index is 12.5. The van der Waals surface area contributed by atoms with Gasteiger partial charge in [0.15, 0.2) is 11.6 Å². The van der Waals surface area contributed by atoms with E-state index in [1.165, 1.54) is 11.1 Å². The quantitative estimate of drug-likeness (QED) is 0.780. The van der Waals surface area contributed by atoms with Gasteiger partial charge in [0.05, 0.1) is 0 Å². The van der Waals surface area contributed by atoms with Crippen LogP contribution in [0.25, 0.3) is 0 Å². The largest absolute Gasteiger partial charge is 0.338 e. The van der Waals surface area contributed by atoms with E-state index in [0.29, 0.717) is 48.1 Å². The van der Waals surface area contributed by atoms with Crippen molar-refractivity contribution < 1.29 is 14.4 Å². The van der Waals surface area contributed by atoms with Gasteiger partial charge < -0.3 is 4.90 Å². The number of rotatable bonds is 4. The van der Waals surface area contributed by atoms with Crippen LogP contribution >= 0.6 is 0 Å². The predicted molar refractivity (Wildman–Crippen MR) is 101 cm³/mol. The molecule has 0 saturated heterocycles. The summed E-state index contributed by atoms with van der Waals surface area (Å²) in [4.78, 5) is 39.1. The van der Waals surface area contributed by atoms with Crippen molar-refractivity contribution in [3.63, 3.8) is 0 Å². The van der Waals surface area contributed by atoms with Gasteiger partial charge in [0.25, 0.3) is 0 Å². The molecule has 0 bridgehead atoms. The highest BCUT2D eigenvalue weighted by atomic mass is 16.2. The van der Waals surface area contributed by atoms with Crippen LogP contribution in [0.3, 0.4) is 0 Å². The van der Waals surface area contributed by atoms with Crippen LogP contribution in [-0.2, 0) is 27.3 Å². The molecule has 1 amide bonds. The van der Waals surface area contributed by atoms with Gasteiger partial charge in [-0.1, -0.05) is 24.3 Å². The highest BCUT2D eigenvalue weighted by Gasteiger charge is 2.27. The third-order valence-electron chi connectivity index (χ3n) is 5.61. The van der Waals surface area contributed by atoms with Crippen molar-refractivity contribution in [3.05, 3.63) is 57.7 Å². The Hall–Kier alpha value is -2.49. The number of allylic oxidation sites excluding steroid dienone is 4. The molecule has 1 aliphatic heterocycles. The molecule has 0 N–H and O–H groups in total. The number of carbonyl (C=O) groups is 3. The number of nitrogens with zero attached hydrogens (tertiary/aromatic N) is 1. The molecule has 0 fully saturated rings. The first-order valence-electron chi connectivity index (χ1n) is 9.21. The van der Waals surface area contributed by atoms with Crippen LogP contribution in [0, 0.1) is 0 Å². The number of benzene rings is 1. The van der Waals surface area contributed by atoms with Crippen molar-refractivity contribution in [3.8, 4) is 0 Å². The number of hydrogen-bond acceptors (Lipinski definition) is 3. The van der Waals surface area contributed by atoms with Crippen LogP contribution < -0.4 is 0 Å². The van der Waals surface area contributed by atoms with E-state index in [-0.39, 0.29) is 17.5 Å². The molecule has 0 aromatic heterocycles. The van der Waals surface area contributed by atoms with E-state index in [4.69, 9.17) is 0 Å². The van der Waals surface area contributed by atoms with E-state index in [9.17, 15) is 14.4 Å². The van der Waals surface area contributed by atoms with E-state index in [0.717, 1.165) is 13.0 Å². The molecule has 26 heavy (non-hydrogen) atoms. The lowest BCUT2D eigenvalue weighted by molar-refractivity contribution is -0.132. The van der Waals surface area contributed by atoms with Gasteiger partial charge in [0.1, 0.15) is 0 Å². The third-order valence-corrected chi connectivity index (χ3v) is 5.61. The number of ketones is 2. The summed E-state index contributed by atoms with van der Waals surface area (Å²) in [5.74, 6) is 0.0331. The maximum Gasteiger partial charge on any atom is 0.222 e. The lowest BCUT2D eigenvalue weighted by Gasteiger charge is -2.29. The normalized spacial score (nSPS) is 17.7. The monoisotopic (exact) mass is 351 g/mol. The molecule has 0 spiro atoms. The Morgan fingerprint density at radius 2 is 1.62 bits per heavy atom. The van der Waals surface area contributed by atoms with Gasteiger partial charge in [0.2, 0.25) is 5.91 Å². The minimum Gasteiger partial charge on any atom is -0.338 e. The van der Waals surface area contributed by atoms with Crippen molar-refractivity contribution in [2.45, 2.75) is 53.0 Å². The molecule has 3 rings (SSSR count). The number of carbonyl (C=O) groups excluding carboxylic acids is 3. The summed E-state index contributed by atoms with van der Waals surface area (Å²) in [6, 6.07) is 8.24. The van der Waals surface area contributed by atoms with Gasteiger partial charge in [-0.2, -0.15) is 0 Å². The fraction of sp³-hybridized carbons (Fsp3) is 0.409. The number of amides is 1. The molecule has 4 nitrogen and oxygen atoms in total. The average Bonchev–Trinajstić information content (AvgIpc) is 2.67. The number of Topliss-reactive ketones (excluding diaryl/α,β-unsaturated/α-hetero) is 2. The molecular formula is C22H25NO3. The lowest BCUT2D eigenvalue weighted by atomic mass is 9.84. The Labute approximate surface area is 154 Å². The molecule has 136 valence electrons. The minimum atomic E-state index is -0.0453. The Morgan fingerprint density at radius 1 is 0.962 bits per heavy atom. The zero-order chi connectivity index (χ0) is 18.8. The Morgan fingerprint density at radius 3 is 2.35 bits per heavy atom. The highest BCUT2D eigenvalue weighted by Crippen LogP contribution is 2.27. The fourth-order valence-electron chi connectivity index (χ4n) is 3.74. The molecule has 1 aliphatic carbocycles. The zero-order valence-electron chi connectivity index (χ0n) is 15.7. The molecule has 4 heteroatoms. The van der Waals surface area contributed by atoms with Gasteiger partial charge in [-0.15, -0.1) is 0 Å². The summed E-state index contributed by atoms with van der Waals surface area (Å²) in [6.45, 7) is 6.53. The molecule has 0 atom stereocenters. The van der Waals surface area contributed by atoms with Gasteiger partial charge in [-0.05, 0) is 51.2 Å². The molecule has 1 aromatic carbocycles. The van der Waals surface area contributed by atoms with Gasteiger partial charge in [0, 0.05) is 41.8 Å². The van der Waals surface area contributed by atoms with Crippen LogP contribution in [0.15, 0.2) is 46.6 Å².